The molecule has 0 saturated carbocycles. The Morgan fingerprint density at radius 1 is 1.23 bits per heavy atom. The molecular weight excluding hydrogens is 162 g/mol. The normalized spacial score (nSPS) is 18.5. The molecule has 1 saturated heterocycles. The third-order valence-electron chi connectivity index (χ3n) is 2.30. The van der Waals surface area contributed by atoms with Gasteiger partial charge >= 0.3 is 0 Å². The van der Waals surface area contributed by atoms with Gasteiger partial charge in [0.05, 0.1) is 11.9 Å². The summed E-state index contributed by atoms with van der Waals surface area (Å²) in [4.78, 5) is 4.06. The highest BCUT2D eigenvalue weighted by molar-refractivity contribution is 5.38. The fourth-order valence-corrected chi connectivity index (χ4v) is 1.62. The number of anilines is 1. The lowest BCUT2D eigenvalue weighted by Crippen LogP contribution is -2.34. The lowest BCUT2D eigenvalue weighted by molar-refractivity contribution is 0.273. The Bertz CT molecular complexity index is 242. The molecule has 0 bridgehead atoms. The van der Waals surface area contributed by atoms with Gasteiger partial charge in [-0.05, 0) is 25.0 Å². The largest absolute Gasteiger partial charge is 0.317 e. The predicted molar refractivity (Wildman–Crippen MR) is 53.3 cm³/mol. The van der Waals surface area contributed by atoms with E-state index in [-0.39, 0.29) is 0 Å². The Morgan fingerprint density at radius 3 is 2.77 bits per heavy atom. The molecule has 0 aromatic carbocycles. The van der Waals surface area contributed by atoms with Crippen molar-refractivity contribution in [3.63, 3.8) is 0 Å². The molecule has 3 nitrogen and oxygen atoms in total. The number of rotatable bonds is 2. The number of hydrogen-bond donors (Lipinski definition) is 1. The Balaban J connectivity index is 1.90. The van der Waals surface area contributed by atoms with Crippen LogP contribution in [-0.4, -0.2) is 23.1 Å². The third-order valence-corrected chi connectivity index (χ3v) is 2.30. The van der Waals surface area contributed by atoms with Gasteiger partial charge in [0.15, 0.2) is 0 Å². The fraction of sp³-hybridized carbons (Fsp3) is 0.500. The molecule has 1 aliphatic rings. The molecule has 0 aliphatic carbocycles. The van der Waals surface area contributed by atoms with Crippen LogP contribution in [0.25, 0.3) is 0 Å². The smallest absolute Gasteiger partial charge is 0.0673 e. The second-order valence-electron chi connectivity index (χ2n) is 3.40. The van der Waals surface area contributed by atoms with Gasteiger partial charge in [-0.2, -0.15) is 0 Å². The van der Waals surface area contributed by atoms with E-state index >= 15 is 0 Å². The summed E-state index contributed by atoms with van der Waals surface area (Å²) in [5.74, 6) is 0. The van der Waals surface area contributed by atoms with Gasteiger partial charge in [0.2, 0.25) is 0 Å². The maximum atomic E-state index is 4.06. The van der Waals surface area contributed by atoms with Crippen LogP contribution in [0.2, 0.25) is 0 Å². The van der Waals surface area contributed by atoms with Gasteiger partial charge in [-0.25, -0.2) is 5.01 Å². The summed E-state index contributed by atoms with van der Waals surface area (Å²) in [7, 11) is 0. The molecule has 1 N–H and O–H groups in total. The first-order valence-electron chi connectivity index (χ1n) is 4.87. The van der Waals surface area contributed by atoms with E-state index in [2.05, 4.69) is 15.4 Å². The fourth-order valence-electron chi connectivity index (χ4n) is 1.62. The third kappa shape index (κ3) is 2.42. The Morgan fingerprint density at radius 2 is 2.08 bits per heavy atom. The number of pyridine rings is 1. The van der Waals surface area contributed by atoms with E-state index < -0.39 is 0 Å². The van der Waals surface area contributed by atoms with Crippen LogP contribution in [-0.2, 0) is 0 Å². The second-order valence-corrected chi connectivity index (χ2v) is 3.40. The summed E-state index contributed by atoms with van der Waals surface area (Å²) >= 11 is 0. The van der Waals surface area contributed by atoms with Gasteiger partial charge in [-0.3, -0.25) is 4.98 Å². The van der Waals surface area contributed by atoms with Crippen molar-refractivity contribution in [1.82, 2.24) is 9.99 Å². The lowest BCUT2D eigenvalue weighted by atomic mass is 10.2. The molecule has 3 heteroatoms. The van der Waals surface area contributed by atoms with Crippen molar-refractivity contribution in [2.75, 3.05) is 18.5 Å². The van der Waals surface area contributed by atoms with E-state index in [1.807, 2.05) is 18.3 Å². The summed E-state index contributed by atoms with van der Waals surface area (Å²) < 4.78 is 0. The molecule has 13 heavy (non-hydrogen) atoms. The first-order chi connectivity index (χ1) is 6.45. The maximum absolute atomic E-state index is 4.06. The van der Waals surface area contributed by atoms with Gasteiger partial charge in [0.25, 0.3) is 0 Å². The molecule has 2 heterocycles. The Kier molecular flexibility index (Phi) is 2.77. The van der Waals surface area contributed by atoms with Gasteiger partial charge in [-0.15, -0.1) is 0 Å². The molecule has 1 aromatic heterocycles. The summed E-state index contributed by atoms with van der Waals surface area (Å²) in [6.45, 7) is 2.30. The molecule has 70 valence electrons. The van der Waals surface area contributed by atoms with Crippen LogP contribution in [0.1, 0.15) is 19.3 Å². The molecule has 0 amide bonds. The Labute approximate surface area is 78.7 Å². The number of nitrogens with zero attached hydrogens (tertiary/aromatic N) is 2. The zero-order chi connectivity index (χ0) is 8.93. The summed E-state index contributed by atoms with van der Waals surface area (Å²) in [6.07, 6.45) is 7.61. The molecule has 1 aliphatic heterocycles. The summed E-state index contributed by atoms with van der Waals surface area (Å²) in [6, 6.07) is 3.99. The number of piperidine rings is 1. The molecule has 0 spiro atoms. The zero-order valence-corrected chi connectivity index (χ0v) is 7.74. The minimum Gasteiger partial charge on any atom is -0.317 e. The number of aromatic nitrogens is 1. The zero-order valence-electron chi connectivity index (χ0n) is 7.74. The van der Waals surface area contributed by atoms with Crippen molar-refractivity contribution in [3.05, 3.63) is 24.5 Å². The monoisotopic (exact) mass is 177 g/mol. The first kappa shape index (κ1) is 8.51. The maximum Gasteiger partial charge on any atom is 0.0673 e. The molecular formula is C10H15N3. The van der Waals surface area contributed by atoms with E-state index in [1.54, 1.807) is 6.20 Å². The van der Waals surface area contributed by atoms with Crippen molar-refractivity contribution in [3.8, 4) is 0 Å². The first-order valence-corrected chi connectivity index (χ1v) is 4.87. The van der Waals surface area contributed by atoms with Gasteiger partial charge < -0.3 is 5.43 Å². The van der Waals surface area contributed by atoms with Crippen LogP contribution < -0.4 is 5.43 Å². The number of hydrazine groups is 1. The van der Waals surface area contributed by atoms with Crippen molar-refractivity contribution < 1.29 is 0 Å². The van der Waals surface area contributed by atoms with Crippen LogP contribution in [0.15, 0.2) is 24.5 Å². The van der Waals surface area contributed by atoms with Crippen molar-refractivity contribution in [2.45, 2.75) is 19.3 Å². The van der Waals surface area contributed by atoms with E-state index in [0.29, 0.717) is 0 Å². The molecule has 0 unspecified atom stereocenters. The minimum atomic E-state index is 1.09. The van der Waals surface area contributed by atoms with Gasteiger partial charge in [0, 0.05) is 19.3 Å². The van der Waals surface area contributed by atoms with Crippen LogP contribution in [0, 0.1) is 0 Å². The molecule has 0 radical (unpaired) electrons. The molecule has 1 fully saturated rings. The summed E-state index contributed by atoms with van der Waals surface area (Å²) in [5, 5.41) is 2.26. The van der Waals surface area contributed by atoms with E-state index in [9.17, 15) is 0 Å². The average molecular weight is 177 g/mol. The summed E-state index contributed by atoms with van der Waals surface area (Å²) in [5.41, 5.74) is 4.44. The quantitative estimate of drug-likeness (QED) is 0.747. The highest BCUT2D eigenvalue weighted by Gasteiger charge is 2.08. The highest BCUT2D eigenvalue weighted by atomic mass is 15.5. The van der Waals surface area contributed by atoms with E-state index in [4.69, 9.17) is 0 Å². The standard InChI is InChI=1S/C10H15N3/c1-2-7-13(8-3-1)12-10-5-4-6-11-9-10/h4-6,9,12H,1-3,7-8H2. The second kappa shape index (κ2) is 4.23. The average Bonchev–Trinajstić information content (AvgIpc) is 2.21. The molecule has 0 atom stereocenters. The van der Waals surface area contributed by atoms with Crippen LogP contribution in [0.3, 0.4) is 0 Å². The topological polar surface area (TPSA) is 28.2 Å². The van der Waals surface area contributed by atoms with Crippen LogP contribution in [0.4, 0.5) is 5.69 Å². The van der Waals surface area contributed by atoms with Gasteiger partial charge in [-0.1, -0.05) is 6.42 Å². The molecule has 1 aromatic rings. The number of hydrogen-bond acceptors (Lipinski definition) is 3. The SMILES string of the molecule is c1cncc(NN2CCCCC2)c1. The van der Waals surface area contributed by atoms with Crippen molar-refractivity contribution in [2.24, 2.45) is 0 Å². The minimum absolute atomic E-state index is 1.09. The van der Waals surface area contributed by atoms with Crippen LogP contribution >= 0.6 is 0 Å². The van der Waals surface area contributed by atoms with Crippen molar-refractivity contribution >= 4 is 5.69 Å². The van der Waals surface area contributed by atoms with Crippen molar-refractivity contribution in [1.29, 1.82) is 0 Å². The lowest BCUT2D eigenvalue weighted by Gasteiger charge is -2.27. The van der Waals surface area contributed by atoms with E-state index in [1.165, 1.54) is 19.3 Å². The van der Waals surface area contributed by atoms with Crippen LogP contribution in [0.5, 0.6) is 0 Å². The predicted octanol–water partition coefficient (Wildman–Crippen LogP) is 1.89. The van der Waals surface area contributed by atoms with Gasteiger partial charge in [0.1, 0.15) is 0 Å². The highest BCUT2D eigenvalue weighted by Crippen LogP contribution is 2.11. The van der Waals surface area contributed by atoms with E-state index in [0.717, 1.165) is 18.8 Å². The molecule has 2 rings (SSSR count). The Hall–Kier alpha value is -1.09. The number of nitrogens with one attached hydrogen (secondary N) is 1.